The van der Waals surface area contributed by atoms with Crippen molar-refractivity contribution in [2.45, 2.75) is 0 Å². The molecule has 3 rings (SSSR count). The maximum absolute atomic E-state index is 12.3. The number of benzene rings is 2. The van der Waals surface area contributed by atoms with Crippen LogP contribution in [0.4, 0.5) is 11.4 Å². The van der Waals surface area contributed by atoms with Crippen LogP contribution in [0.1, 0.15) is 0 Å². The molecule has 6 heteroatoms. The molecule has 1 heterocycles. The van der Waals surface area contributed by atoms with Crippen LogP contribution >= 0.6 is 12.4 Å². The normalized spacial score (nSPS) is 14.0. The first-order chi connectivity index (χ1) is 11.2. The van der Waals surface area contributed by atoms with Crippen molar-refractivity contribution in [3.63, 3.8) is 0 Å². The van der Waals surface area contributed by atoms with Crippen molar-refractivity contribution in [2.24, 2.45) is 0 Å². The fourth-order valence-corrected chi connectivity index (χ4v) is 2.77. The van der Waals surface area contributed by atoms with E-state index >= 15 is 0 Å². The van der Waals surface area contributed by atoms with Gasteiger partial charge in [0.05, 0.1) is 12.2 Å². The Hall–Kier alpha value is -2.40. The lowest BCUT2D eigenvalue weighted by Crippen LogP contribution is -2.50. The second-order valence-corrected chi connectivity index (χ2v) is 5.58. The fraction of sp³-hybridized carbons (Fsp3) is 0.278. The van der Waals surface area contributed by atoms with Crippen molar-refractivity contribution >= 4 is 29.7 Å². The lowest BCUT2D eigenvalue weighted by molar-refractivity contribution is -0.129. The lowest BCUT2D eigenvalue weighted by atomic mass is 10.2. The van der Waals surface area contributed by atoms with Crippen LogP contribution in [-0.2, 0) is 4.79 Å². The molecule has 1 saturated heterocycles. The number of phenolic OH excluding ortho intramolecular Hbond substituents is 1. The topological polar surface area (TPSA) is 55.8 Å². The smallest absolute Gasteiger partial charge is 0.241 e. The predicted octanol–water partition coefficient (Wildman–Crippen LogP) is 2.57. The number of nitrogens with one attached hydrogen (secondary N) is 1. The monoisotopic (exact) mass is 347 g/mol. The van der Waals surface area contributed by atoms with Gasteiger partial charge in [-0.25, -0.2) is 0 Å². The van der Waals surface area contributed by atoms with Gasteiger partial charge in [-0.15, -0.1) is 12.4 Å². The lowest BCUT2D eigenvalue weighted by Gasteiger charge is -2.36. The number of halogens is 1. The zero-order valence-electron chi connectivity index (χ0n) is 13.4. The van der Waals surface area contributed by atoms with Crippen LogP contribution in [0.2, 0.25) is 0 Å². The van der Waals surface area contributed by atoms with Crippen LogP contribution in [0.3, 0.4) is 0 Å². The molecule has 0 saturated carbocycles. The van der Waals surface area contributed by atoms with E-state index < -0.39 is 0 Å². The molecule has 2 N–H and O–H groups in total. The SMILES string of the molecule is Cl.O=C(CNc1ccccc1)N1CCN(c2ccccc2O)CC1. The van der Waals surface area contributed by atoms with Crippen LogP contribution < -0.4 is 10.2 Å². The van der Waals surface area contributed by atoms with Crippen LogP contribution in [0.25, 0.3) is 0 Å². The molecular formula is C18H22ClN3O2. The zero-order valence-corrected chi connectivity index (χ0v) is 14.2. The van der Waals surface area contributed by atoms with E-state index in [0.717, 1.165) is 24.5 Å². The summed E-state index contributed by atoms with van der Waals surface area (Å²) < 4.78 is 0. The summed E-state index contributed by atoms with van der Waals surface area (Å²) in [6.45, 7) is 3.11. The second kappa shape index (κ2) is 8.45. The molecule has 1 aliphatic heterocycles. The molecule has 2 aromatic carbocycles. The molecule has 1 amide bonds. The van der Waals surface area contributed by atoms with Gasteiger partial charge >= 0.3 is 0 Å². The standard InChI is InChI=1S/C18H21N3O2.ClH/c22-17-9-5-4-8-16(17)20-10-12-21(13-11-20)18(23)14-19-15-6-2-1-3-7-15;/h1-9,19,22H,10-14H2;1H. The van der Waals surface area contributed by atoms with Crippen LogP contribution in [0.5, 0.6) is 5.75 Å². The van der Waals surface area contributed by atoms with E-state index in [9.17, 15) is 9.90 Å². The Bertz CT molecular complexity index is 658. The van der Waals surface area contributed by atoms with Gasteiger partial charge in [-0.2, -0.15) is 0 Å². The van der Waals surface area contributed by atoms with Gasteiger partial charge in [0, 0.05) is 31.9 Å². The Balaban J connectivity index is 0.00000208. The second-order valence-electron chi connectivity index (χ2n) is 5.58. The van der Waals surface area contributed by atoms with Gasteiger partial charge in [-0.05, 0) is 24.3 Å². The predicted molar refractivity (Wildman–Crippen MR) is 99.1 cm³/mol. The molecule has 1 aliphatic rings. The van der Waals surface area contributed by atoms with E-state index in [-0.39, 0.29) is 24.1 Å². The number of para-hydroxylation sites is 3. The van der Waals surface area contributed by atoms with Gasteiger partial charge in [-0.1, -0.05) is 30.3 Å². The summed E-state index contributed by atoms with van der Waals surface area (Å²) in [6, 6.07) is 17.1. The number of hydrogen-bond acceptors (Lipinski definition) is 4. The summed E-state index contributed by atoms with van der Waals surface area (Å²) >= 11 is 0. The highest BCUT2D eigenvalue weighted by Crippen LogP contribution is 2.27. The number of carbonyl (C=O) groups is 1. The number of hydrogen-bond donors (Lipinski definition) is 2. The Morgan fingerprint density at radius 3 is 2.25 bits per heavy atom. The summed E-state index contributed by atoms with van der Waals surface area (Å²) in [7, 11) is 0. The molecule has 2 aromatic rings. The number of anilines is 2. The molecule has 0 aromatic heterocycles. The highest BCUT2D eigenvalue weighted by molar-refractivity contribution is 5.85. The molecule has 5 nitrogen and oxygen atoms in total. The van der Waals surface area contributed by atoms with Crippen LogP contribution in [-0.4, -0.2) is 48.6 Å². The van der Waals surface area contributed by atoms with Crippen molar-refractivity contribution in [3.8, 4) is 5.75 Å². The van der Waals surface area contributed by atoms with E-state index in [2.05, 4.69) is 10.2 Å². The van der Waals surface area contributed by atoms with Crippen LogP contribution in [0, 0.1) is 0 Å². The third-order valence-electron chi connectivity index (χ3n) is 4.07. The molecule has 0 bridgehead atoms. The number of carbonyl (C=O) groups excluding carboxylic acids is 1. The maximum atomic E-state index is 12.3. The zero-order chi connectivity index (χ0) is 16.1. The van der Waals surface area contributed by atoms with Gasteiger partial charge in [0.15, 0.2) is 0 Å². The Morgan fingerprint density at radius 1 is 0.958 bits per heavy atom. The number of nitrogens with zero attached hydrogens (tertiary/aromatic N) is 2. The average Bonchev–Trinajstić information content (AvgIpc) is 2.61. The van der Waals surface area contributed by atoms with E-state index in [1.165, 1.54) is 0 Å². The number of phenols is 1. The summed E-state index contributed by atoms with van der Waals surface area (Å²) in [5.74, 6) is 0.392. The Morgan fingerprint density at radius 2 is 1.58 bits per heavy atom. The van der Waals surface area contributed by atoms with Gasteiger partial charge in [0.25, 0.3) is 0 Å². The van der Waals surface area contributed by atoms with E-state index in [1.807, 2.05) is 53.4 Å². The van der Waals surface area contributed by atoms with Crippen LogP contribution in [0.15, 0.2) is 54.6 Å². The van der Waals surface area contributed by atoms with Crippen molar-refractivity contribution in [1.82, 2.24) is 4.90 Å². The number of piperazine rings is 1. The summed E-state index contributed by atoms with van der Waals surface area (Å²) in [4.78, 5) is 16.3. The minimum absolute atomic E-state index is 0. The first kappa shape index (κ1) is 17.9. The highest BCUT2D eigenvalue weighted by Gasteiger charge is 2.22. The van der Waals surface area contributed by atoms with E-state index in [4.69, 9.17) is 0 Å². The summed E-state index contributed by atoms with van der Waals surface area (Å²) in [5, 5.41) is 13.1. The van der Waals surface area contributed by atoms with Gasteiger partial charge < -0.3 is 20.2 Å². The molecule has 1 fully saturated rings. The third-order valence-corrected chi connectivity index (χ3v) is 4.07. The number of amides is 1. The first-order valence-electron chi connectivity index (χ1n) is 7.83. The van der Waals surface area contributed by atoms with Gasteiger partial charge in [-0.3, -0.25) is 4.79 Å². The van der Waals surface area contributed by atoms with Crippen molar-refractivity contribution in [3.05, 3.63) is 54.6 Å². The summed E-state index contributed by atoms with van der Waals surface area (Å²) in [5.41, 5.74) is 1.79. The highest BCUT2D eigenvalue weighted by atomic mass is 35.5. The third kappa shape index (κ3) is 4.32. The number of aromatic hydroxyl groups is 1. The van der Waals surface area contributed by atoms with Gasteiger partial charge in [0.1, 0.15) is 5.75 Å². The minimum Gasteiger partial charge on any atom is -0.506 e. The fourth-order valence-electron chi connectivity index (χ4n) is 2.77. The molecule has 0 radical (unpaired) electrons. The van der Waals surface area contributed by atoms with E-state index in [1.54, 1.807) is 6.07 Å². The Labute approximate surface area is 148 Å². The van der Waals surface area contributed by atoms with Crippen molar-refractivity contribution in [2.75, 3.05) is 42.9 Å². The average molecular weight is 348 g/mol. The quantitative estimate of drug-likeness (QED) is 0.892. The van der Waals surface area contributed by atoms with Crippen molar-refractivity contribution < 1.29 is 9.90 Å². The molecular weight excluding hydrogens is 326 g/mol. The minimum atomic E-state index is 0. The summed E-state index contributed by atoms with van der Waals surface area (Å²) in [6.07, 6.45) is 0. The molecule has 0 atom stereocenters. The van der Waals surface area contributed by atoms with E-state index in [0.29, 0.717) is 19.6 Å². The molecule has 0 unspecified atom stereocenters. The largest absolute Gasteiger partial charge is 0.506 e. The molecule has 128 valence electrons. The Kier molecular flexibility index (Phi) is 6.32. The maximum Gasteiger partial charge on any atom is 0.241 e. The number of rotatable bonds is 4. The molecule has 24 heavy (non-hydrogen) atoms. The van der Waals surface area contributed by atoms with Crippen molar-refractivity contribution in [1.29, 1.82) is 0 Å². The molecule has 0 aliphatic carbocycles. The first-order valence-corrected chi connectivity index (χ1v) is 7.83. The van der Waals surface area contributed by atoms with Gasteiger partial charge in [0.2, 0.25) is 5.91 Å². The molecule has 0 spiro atoms.